The van der Waals surface area contributed by atoms with Gasteiger partial charge in [0.1, 0.15) is 0 Å². The van der Waals surface area contributed by atoms with Crippen LogP contribution in [-0.4, -0.2) is 30.2 Å². The molecule has 0 unspecified atom stereocenters. The number of carbonyl (C=O) groups is 1. The lowest BCUT2D eigenvalue weighted by Crippen LogP contribution is -2.45. The third kappa shape index (κ3) is 9.38. The molecule has 24 heavy (non-hydrogen) atoms. The van der Waals surface area contributed by atoms with E-state index in [0.717, 1.165) is 16.8 Å². The number of rotatable bonds is 3. The van der Waals surface area contributed by atoms with Gasteiger partial charge in [-0.05, 0) is 52.7 Å². The molecule has 0 radical (unpaired) electrons. The van der Waals surface area contributed by atoms with Crippen molar-refractivity contribution in [1.29, 1.82) is 0 Å². The molecule has 0 heterocycles. The smallest absolute Gasteiger partial charge is 0.321 e. The Kier molecular flexibility index (Phi) is 9.75. The number of aryl methyl sites for hydroxylation is 2. The molecule has 0 aliphatic heterocycles. The average molecular weight is 333 g/mol. The average Bonchev–Trinajstić information content (AvgIpc) is 2.42. The number of para-hydroxylation sites is 1. The van der Waals surface area contributed by atoms with Crippen LogP contribution in [0.2, 0.25) is 0 Å². The molecule has 1 aromatic rings. The van der Waals surface area contributed by atoms with Gasteiger partial charge in [0.05, 0.1) is 11.7 Å². The standard InChI is InChI=1S/C13H20N4O.C4H7NO/c1-8(2)15-13(18)17-12(14)16-11-9(3)6-5-7-10(11)4;1-4(2)5-3-6/h5-8H,1-4H3,(H4,14,15,16,17,18);4H,1-2H3. The number of hydrogen-bond acceptors (Lipinski definition) is 4. The third-order valence-corrected chi connectivity index (χ3v) is 2.64. The second-order valence-electron chi connectivity index (χ2n) is 5.80. The zero-order valence-corrected chi connectivity index (χ0v) is 15.2. The molecule has 7 nitrogen and oxygen atoms in total. The Morgan fingerprint density at radius 2 is 1.71 bits per heavy atom. The first kappa shape index (κ1) is 21.3. The van der Waals surface area contributed by atoms with E-state index in [1.807, 2.05) is 59.7 Å². The van der Waals surface area contributed by atoms with Crippen molar-refractivity contribution in [2.24, 2.45) is 15.7 Å². The number of guanidine groups is 1. The van der Waals surface area contributed by atoms with Crippen LogP contribution in [0.3, 0.4) is 0 Å². The molecule has 0 saturated carbocycles. The van der Waals surface area contributed by atoms with Crippen molar-refractivity contribution >= 4 is 23.8 Å². The summed E-state index contributed by atoms with van der Waals surface area (Å²) in [5.74, 6) is 0.0885. The molecule has 0 atom stereocenters. The van der Waals surface area contributed by atoms with Gasteiger partial charge in [-0.25, -0.2) is 19.6 Å². The molecule has 4 N–H and O–H groups in total. The van der Waals surface area contributed by atoms with Crippen LogP contribution in [0, 0.1) is 13.8 Å². The summed E-state index contributed by atoms with van der Waals surface area (Å²) in [6.45, 7) is 11.3. The summed E-state index contributed by atoms with van der Waals surface area (Å²) in [6.07, 6.45) is 1.44. The number of hydrogen-bond donors (Lipinski definition) is 3. The van der Waals surface area contributed by atoms with E-state index in [-0.39, 0.29) is 24.1 Å². The largest absolute Gasteiger partial charge is 0.369 e. The number of benzene rings is 1. The maximum Gasteiger partial charge on any atom is 0.321 e. The Balaban J connectivity index is 0.000000754. The number of nitrogens with two attached hydrogens (primary N) is 1. The van der Waals surface area contributed by atoms with Gasteiger partial charge < -0.3 is 11.1 Å². The van der Waals surface area contributed by atoms with Crippen molar-refractivity contribution in [1.82, 2.24) is 10.6 Å². The Labute approximate surface area is 143 Å². The lowest BCUT2D eigenvalue weighted by Gasteiger charge is -2.10. The summed E-state index contributed by atoms with van der Waals surface area (Å²) in [4.78, 5) is 28.3. The van der Waals surface area contributed by atoms with Crippen molar-refractivity contribution in [3.8, 4) is 0 Å². The lowest BCUT2D eigenvalue weighted by molar-refractivity contribution is 0.243. The van der Waals surface area contributed by atoms with Gasteiger partial charge in [0.15, 0.2) is 0 Å². The van der Waals surface area contributed by atoms with Crippen molar-refractivity contribution in [3.63, 3.8) is 0 Å². The van der Waals surface area contributed by atoms with E-state index in [2.05, 4.69) is 20.6 Å². The van der Waals surface area contributed by atoms with E-state index in [0.29, 0.717) is 0 Å². The fourth-order valence-corrected chi connectivity index (χ4v) is 1.65. The molecular weight excluding hydrogens is 306 g/mol. The fraction of sp³-hybridized carbons (Fsp3) is 0.471. The Morgan fingerprint density at radius 3 is 2.08 bits per heavy atom. The van der Waals surface area contributed by atoms with E-state index >= 15 is 0 Å². The number of amides is 2. The number of nitrogens with one attached hydrogen (secondary N) is 2. The molecule has 132 valence electrons. The van der Waals surface area contributed by atoms with Crippen LogP contribution >= 0.6 is 0 Å². The highest BCUT2D eigenvalue weighted by Crippen LogP contribution is 2.22. The highest BCUT2D eigenvalue weighted by Gasteiger charge is 2.05. The van der Waals surface area contributed by atoms with Crippen LogP contribution in [-0.2, 0) is 4.79 Å². The monoisotopic (exact) mass is 333 g/mol. The Morgan fingerprint density at radius 1 is 1.17 bits per heavy atom. The van der Waals surface area contributed by atoms with Gasteiger partial charge in [-0.3, -0.25) is 5.32 Å². The van der Waals surface area contributed by atoms with Crippen molar-refractivity contribution in [2.45, 2.75) is 53.6 Å². The van der Waals surface area contributed by atoms with Crippen LogP contribution in [0.15, 0.2) is 28.2 Å². The van der Waals surface area contributed by atoms with Crippen LogP contribution in [0.4, 0.5) is 10.5 Å². The number of urea groups is 1. The quantitative estimate of drug-likeness (QED) is 0.449. The first-order valence-electron chi connectivity index (χ1n) is 7.72. The molecule has 1 aromatic carbocycles. The summed E-state index contributed by atoms with van der Waals surface area (Å²) in [5, 5.41) is 5.17. The van der Waals surface area contributed by atoms with E-state index in [1.54, 1.807) is 0 Å². The SMILES string of the molecule is CC(C)N=C=O.Cc1cccc(C)c1N=C(N)NC(=O)NC(C)C. The zero-order valence-electron chi connectivity index (χ0n) is 15.2. The minimum atomic E-state index is -0.350. The minimum Gasteiger partial charge on any atom is -0.369 e. The Hall–Kier alpha value is -2.66. The number of nitrogens with zero attached hydrogens (tertiary/aromatic N) is 2. The second-order valence-corrected chi connectivity index (χ2v) is 5.80. The molecule has 0 aliphatic carbocycles. The highest BCUT2D eigenvalue weighted by atomic mass is 16.2. The number of carbonyl (C=O) groups excluding carboxylic acids is 2. The highest BCUT2D eigenvalue weighted by molar-refractivity contribution is 5.96. The topological polar surface area (TPSA) is 109 Å². The van der Waals surface area contributed by atoms with Gasteiger partial charge in [0, 0.05) is 6.04 Å². The van der Waals surface area contributed by atoms with E-state index in [4.69, 9.17) is 5.73 Å². The molecule has 0 aromatic heterocycles. The van der Waals surface area contributed by atoms with Gasteiger partial charge in [-0.2, -0.15) is 0 Å². The summed E-state index contributed by atoms with van der Waals surface area (Å²) >= 11 is 0. The normalized spacial score (nSPS) is 10.6. The van der Waals surface area contributed by atoms with Crippen LogP contribution in [0.1, 0.15) is 38.8 Å². The van der Waals surface area contributed by atoms with Gasteiger partial charge >= 0.3 is 6.03 Å². The predicted molar refractivity (Wildman–Crippen MR) is 97.3 cm³/mol. The molecule has 0 spiro atoms. The molecule has 2 amide bonds. The van der Waals surface area contributed by atoms with Gasteiger partial charge in [0.25, 0.3) is 0 Å². The maximum absolute atomic E-state index is 11.4. The number of isocyanates is 1. The van der Waals surface area contributed by atoms with Crippen molar-refractivity contribution < 1.29 is 9.59 Å². The summed E-state index contributed by atoms with van der Waals surface area (Å²) in [5.41, 5.74) is 8.52. The Bertz CT molecular complexity index is 597. The van der Waals surface area contributed by atoms with Gasteiger partial charge in [-0.1, -0.05) is 18.2 Å². The van der Waals surface area contributed by atoms with Gasteiger partial charge in [-0.15, -0.1) is 0 Å². The molecule has 0 aliphatic rings. The minimum absolute atomic E-state index is 0.0537. The summed E-state index contributed by atoms with van der Waals surface area (Å²) in [7, 11) is 0. The molecule has 7 heteroatoms. The lowest BCUT2D eigenvalue weighted by atomic mass is 10.1. The van der Waals surface area contributed by atoms with E-state index in [9.17, 15) is 9.59 Å². The summed E-state index contributed by atoms with van der Waals surface area (Å²) in [6, 6.07) is 5.66. The molecule has 1 rings (SSSR count). The fourth-order valence-electron chi connectivity index (χ4n) is 1.65. The van der Waals surface area contributed by atoms with Crippen LogP contribution in [0.5, 0.6) is 0 Å². The molecular formula is C17H27N5O2. The zero-order chi connectivity index (χ0) is 18.7. The van der Waals surface area contributed by atoms with Gasteiger partial charge in [0.2, 0.25) is 12.0 Å². The van der Waals surface area contributed by atoms with E-state index < -0.39 is 0 Å². The predicted octanol–water partition coefficient (Wildman–Crippen LogP) is 2.69. The molecule has 0 bridgehead atoms. The maximum atomic E-state index is 11.4. The van der Waals surface area contributed by atoms with Crippen LogP contribution in [0.25, 0.3) is 0 Å². The van der Waals surface area contributed by atoms with Crippen molar-refractivity contribution in [2.75, 3.05) is 0 Å². The number of aliphatic imine (C=N–C) groups is 2. The first-order valence-corrected chi connectivity index (χ1v) is 7.72. The first-order chi connectivity index (χ1) is 11.2. The molecule has 0 saturated heterocycles. The third-order valence-electron chi connectivity index (χ3n) is 2.64. The van der Waals surface area contributed by atoms with E-state index in [1.165, 1.54) is 6.08 Å². The summed E-state index contributed by atoms with van der Waals surface area (Å²) < 4.78 is 0. The van der Waals surface area contributed by atoms with Crippen molar-refractivity contribution in [3.05, 3.63) is 29.3 Å². The second kappa shape index (κ2) is 11.0. The molecule has 0 fully saturated rings. The van der Waals surface area contributed by atoms with Crippen LogP contribution < -0.4 is 16.4 Å².